The zero-order valence-electron chi connectivity index (χ0n) is 12.3. The van der Waals surface area contributed by atoms with Crippen LogP contribution in [-0.4, -0.2) is 12.7 Å². The predicted molar refractivity (Wildman–Crippen MR) is 81.2 cm³/mol. The van der Waals surface area contributed by atoms with Gasteiger partial charge in [0.2, 0.25) is 0 Å². The molecule has 3 unspecified atom stereocenters. The highest BCUT2D eigenvalue weighted by Gasteiger charge is 2.34. The smallest absolute Gasteiger partial charge is 0.0620 e. The van der Waals surface area contributed by atoms with Crippen LogP contribution in [0.25, 0.3) is 0 Å². The Morgan fingerprint density at radius 3 is 2.55 bits per heavy atom. The summed E-state index contributed by atoms with van der Waals surface area (Å²) in [5.41, 5.74) is 5.81. The first kappa shape index (κ1) is 14.1. The Balaban J connectivity index is 1.74. The van der Waals surface area contributed by atoms with Crippen molar-refractivity contribution in [3.63, 3.8) is 0 Å². The first-order valence-electron chi connectivity index (χ1n) is 8.01. The van der Waals surface area contributed by atoms with Crippen molar-refractivity contribution in [3.8, 4) is 0 Å². The quantitative estimate of drug-likeness (QED) is 0.640. The van der Waals surface area contributed by atoms with E-state index in [4.69, 9.17) is 10.6 Å². The van der Waals surface area contributed by atoms with Gasteiger partial charge in [-0.2, -0.15) is 0 Å². The molecule has 1 aromatic carbocycles. The number of ether oxygens (including phenoxy) is 1. The fourth-order valence-electron chi connectivity index (χ4n) is 3.65. The molecule has 20 heavy (non-hydrogen) atoms. The van der Waals surface area contributed by atoms with Crippen LogP contribution in [0.5, 0.6) is 0 Å². The summed E-state index contributed by atoms with van der Waals surface area (Å²) < 4.78 is 5.81. The number of benzene rings is 1. The van der Waals surface area contributed by atoms with Crippen LogP contribution in [0.1, 0.15) is 62.1 Å². The van der Waals surface area contributed by atoms with Gasteiger partial charge < -0.3 is 4.74 Å². The summed E-state index contributed by atoms with van der Waals surface area (Å²) in [7, 11) is 0. The van der Waals surface area contributed by atoms with Gasteiger partial charge in [-0.25, -0.2) is 0 Å². The lowest BCUT2D eigenvalue weighted by molar-refractivity contribution is 0.0774. The molecule has 0 radical (unpaired) electrons. The number of nitrogens with one attached hydrogen (secondary N) is 1. The van der Waals surface area contributed by atoms with E-state index in [-0.39, 0.29) is 6.04 Å². The molecule has 1 aliphatic heterocycles. The van der Waals surface area contributed by atoms with Crippen molar-refractivity contribution in [1.82, 2.24) is 5.43 Å². The predicted octanol–water partition coefficient (Wildman–Crippen LogP) is 3.27. The molecular weight excluding hydrogens is 248 g/mol. The average molecular weight is 274 g/mol. The van der Waals surface area contributed by atoms with Gasteiger partial charge in [-0.05, 0) is 42.7 Å². The fraction of sp³-hybridized carbons (Fsp3) is 0.647. The number of hydrazine groups is 1. The van der Waals surface area contributed by atoms with Crippen LogP contribution in [-0.2, 0) is 4.74 Å². The van der Waals surface area contributed by atoms with Gasteiger partial charge in [-0.3, -0.25) is 11.3 Å². The molecule has 1 saturated heterocycles. The molecule has 110 valence electrons. The molecule has 3 rings (SSSR count). The molecule has 0 spiro atoms. The monoisotopic (exact) mass is 274 g/mol. The zero-order chi connectivity index (χ0) is 13.9. The van der Waals surface area contributed by atoms with E-state index in [1.807, 2.05) is 0 Å². The van der Waals surface area contributed by atoms with Crippen molar-refractivity contribution in [2.24, 2.45) is 11.8 Å². The standard InChI is InChI=1S/C17H26N2O/c1-2-16-15(10-11-20-16)17(19-18)14-8-6-13(7-9-14)12-4-3-5-12/h6-9,12,15-17,19H,2-5,10-11,18H2,1H3. The number of nitrogens with two attached hydrogens (primary N) is 1. The van der Waals surface area contributed by atoms with Gasteiger partial charge in [0.05, 0.1) is 12.1 Å². The third kappa shape index (κ3) is 2.62. The van der Waals surface area contributed by atoms with E-state index in [0.29, 0.717) is 12.0 Å². The van der Waals surface area contributed by atoms with Crippen LogP contribution < -0.4 is 11.3 Å². The summed E-state index contributed by atoms with van der Waals surface area (Å²) >= 11 is 0. The van der Waals surface area contributed by atoms with Crippen molar-refractivity contribution in [3.05, 3.63) is 35.4 Å². The Labute approximate surface area is 121 Å². The van der Waals surface area contributed by atoms with E-state index in [2.05, 4.69) is 36.6 Å². The third-order valence-electron chi connectivity index (χ3n) is 5.14. The van der Waals surface area contributed by atoms with Gasteiger partial charge >= 0.3 is 0 Å². The largest absolute Gasteiger partial charge is 0.378 e. The van der Waals surface area contributed by atoms with E-state index < -0.39 is 0 Å². The molecular formula is C17H26N2O. The highest BCUT2D eigenvalue weighted by atomic mass is 16.5. The second-order valence-electron chi connectivity index (χ2n) is 6.21. The normalized spacial score (nSPS) is 28.3. The van der Waals surface area contributed by atoms with Crippen LogP contribution in [0, 0.1) is 5.92 Å². The molecule has 1 aromatic rings. The SMILES string of the molecule is CCC1OCCC1C(NN)c1ccc(C2CCC2)cc1. The van der Waals surface area contributed by atoms with Crippen LogP contribution in [0.15, 0.2) is 24.3 Å². The Hall–Kier alpha value is -0.900. The first-order chi connectivity index (χ1) is 9.83. The van der Waals surface area contributed by atoms with E-state index in [1.165, 1.54) is 30.4 Å². The Morgan fingerprint density at radius 1 is 1.25 bits per heavy atom. The summed E-state index contributed by atoms with van der Waals surface area (Å²) in [5.74, 6) is 7.11. The lowest BCUT2D eigenvalue weighted by Gasteiger charge is -2.29. The molecule has 0 bridgehead atoms. The first-order valence-corrected chi connectivity index (χ1v) is 8.01. The summed E-state index contributed by atoms with van der Waals surface area (Å²) in [6, 6.07) is 9.30. The van der Waals surface area contributed by atoms with Crippen molar-refractivity contribution in [1.29, 1.82) is 0 Å². The highest BCUT2D eigenvalue weighted by Crippen LogP contribution is 2.38. The van der Waals surface area contributed by atoms with Crippen LogP contribution in [0.2, 0.25) is 0 Å². The summed E-state index contributed by atoms with van der Waals surface area (Å²) in [4.78, 5) is 0. The van der Waals surface area contributed by atoms with Crippen molar-refractivity contribution < 1.29 is 4.74 Å². The molecule has 3 N–H and O–H groups in total. The molecule has 3 nitrogen and oxygen atoms in total. The van der Waals surface area contributed by atoms with E-state index in [0.717, 1.165) is 25.4 Å². The average Bonchev–Trinajstić information content (AvgIpc) is 2.88. The Bertz CT molecular complexity index is 427. The van der Waals surface area contributed by atoms with Gasteiger partial charge in [0, 0.05) is 12.5 Å². The van der Waals surface area contributed by atoms with Crippen molar-refractivity contribution in [2.75, 3.05) is 6.61 Å². The molecule has 2 aliphatic rings. The Kier molecular flexibility index (Phi) is 4.39. The van der Waals surface area contributed by atoms with E-state index in [1.54, 1.807) is 0 Å². The van der Waals surface area contributed by atoms with Crippen molar-refractivity contribution in [2.45, 2.75) is 57.1 Å². The number of hydrogen-bond acceptors (Lipinski definition) is 3. The van der Waals surface area contributed by atoms with Gasteiger partial charge in [-0.15, -0.1) is 0 Å². The molecule has 3 atom stereocenters. The number of hydrogen-bond donors (Lipinski definition) is 2. The zero-order valence-corrected chi connectivity index (χ0v) is 12.3. The van der Waals surface area contributed by atoms with Gasteiger partial charge in [0.15, 0.2) is 0 Å². The second kappa shape index (κ2) is 6.25. The third-order valence-corrected chi connectivity index (χ3v) is 5.14. The molecule has 0 amide bonds. The lowest BCUT2D eigenvalue weighted by atomic mass is 9.79. The molecule has 1 heterocycles. The topological polar surface area (TPSA) is 47.3 Å². The fourth-order valence-corrected chi connectivity index (χ4v) is 3.65. The number of rotatable bonds is 5. The summed E-state index contributed by atoms with van der Waals surface area (Å²) in [6.07, 6.45) is 6.58. The minimum Gasteiger partial charge on any atom is -0.378 e. The van der Waals surface area contributed by atoms with Crippen LogP contribution in [0.3, 0.4) is 0 Å². The van der Waals surface area contributed by atoms with Crippen molar-refractivity contribution >= 4 is 0 Å². The van der Waals surface area contributed by atoms with E-state index in [9.17, 15) is 0 Å². The minimum atomic E-state index is 0.206. The maximum atomic E-state index is 5.83. The summed E-state index contributed by atoms with van der Waals surface area (Å²) in [5, 5.41) is 0. The molecule has 1 saturated carbocycles. The Morgan fingerprint density at radius 2 is 2.00 bits per heavy atom. The molecule has 2 fully saturated rings. The van der Waals surface area contributed by atoms with Gasteiger partial charge in [0.25, 0.3) is 0 Å². The van der Waals surface area contributed by atoms with Gasteiger partial charge in [0.1, 0.15) is 0 Å². The lowest BCUT2D eigenvalue weighted by Crippen LogP contribution is -2.36. The highest BCUT2D eigenvalue weighted by molar-refractivity contribution is 5.29. The molecule has 1 aliphatic carbocycles. The summed E-state index contributed by atoms with van der Waals surface area (Å²) in [6.45, 7) is 3.05. The minimum absolute atomic E-state index is 0.206. The second-order valence-corrected chi connectivity index (χ2v) is 6.21. The molecule has 3 heteroatoms. The molecule has 0 aromatic heterocycles. The van der Waals surface area contributed by atoms with Crippen LogP contribution >= 0.6 is 0 Å². The van der Waals surface area contributed by atoms with Gasteiger partial charge in [-0.1, -0.05) is 37.6 Å². The van der Waals surface area contributed by atoms with Crippen LogP contribution in [0.4, 0.5) is 0 Å². The maximum Gasteiger partial charge on any atom is 0.0620 e. The van der Waals surface area contributed by atoms with E-state index >= 15 is 0 Å². The maximum absolute atomic E-state index is 5.83.